The standard InChI is InChI=1S/C18H26N6O2S/c1-23-6-5-20-15(23)8-24-7-13-9-26-12-18(13,11-24)16(25)21-4-2-3-14-10-27-17(19)22-14/h5-6,10,13H,2-4,7-9,11-12H2,1H3,(H2,19,22)(H,21,25)/t13?,18-/m1/s1. The van der Waals surface area contributed by atoms with Gasteiger partial charge in [0, 0.05) is 50.4 Å². The lowest BCUT2D eigenvalue weighted by Gasteiger charge is -2.26. The number of hydrogen-bond acceptors (Lipinski definition) is 7. The average molecular weight is 391 g/mol. The van der Waals surface area contributed by atoms with Gasteiger partial charge in [-0.15, -0.1) is 11.3 Å². The summed E-state index contributed by atoms with van der Waals surface area (Å²) in [6, 6.07) is 0. The Kier molecular flexibility index (Phi) is 5.16. The van der Waals surface area contributed by atoms with Crippen LogP contribution < -0.4 is 11.1 Å². The number of hydrogen-bond donors (Lipinski definition) is 2. The van der Waals surface area contributed by atoms with Gasteiger partial charge in [0.25, 0.3) is 0 Å². The zero-order valence-corrected chi connectivity index (χ0v) is 16.4. The Morgan fingerprint density at radius 1 is 1.56 bits per heavy atom. The number of carbonyl (C=O) groups excluding carboxylic acids is 1. The first kappa shape index (κ1) is 18.4. The summed E-state index contributed by atoms with van der Waals surface area (Å²) in [7, 11) is 2.00. The molecule has 0 aliphatic carbocycles. The highest BCUT2D eigenvalue weighted by molar-refractivity contribution is 7.13. The lowest BCUT2D eigenvalue weighted by atomic mass is 9.80. The Morgan fingerprint density at radius 3 is 3.19 bits per heavy atom. The van der Waals surface area contributed by atoms with E-state index >= 15 is 0 Å². The van der Waals surface area contributed by atoms with Crippen molar-refractivity contribution in [2.24, 2.45) is 18.4 Å². The summed E-state index contributed by atoms with van der Waals surface area (Å²) < 4.78 is 7.72. The Balaban J connectivity index is 1.31. The monoisotopic (exact) mass is 390 g/mol. The molecule has 4 rings (SSSR count). The van der Waals surface area contributed by atoms with Crippen molar-refractivity contribution in [3.05, 3.63) is 29.3 Å². The molecule has 146 valence electrons. The summed E-state index contributed by atoms with van der Waals surface area (Å²) in [5, 5.41) is 5.70. The summed E-state index contributed by atoms with van der Waals surface area (Å²) in [6.07, 6.45) is 5.45. The van der Waals surface area contributed by atoms with Crippen LogP contribution in [0.5, 0.6) is 0 Å². The van der Waals surface area contributed by atoms with Crippen LogP contribution in [0.25, 0.3) is 0 Å². The summed E-state index contributed by atoms with van der Waals surface area (Å²) in [4.78, 5) is 24.0. The first-order valence-electron chi connectivity index (χ1n) is 9.31. The largest absolute Gasteiger partial charge is 0.380 e. The highest BCUT2D eigenvalue weighted by Crippen LogP contribution is 2.41. The second-order valence-electron chi connectivity index (χ2n) is 7.53. The van der Waals surface area contributed by atoms with E-state index in [0.29, 0.717) is 24.9 Å². The van der Waals surface area contributed by atoms with Crippen LogP contribution in [-0.2, 0) is 29.5 Å². The molecule has 2 atom stereocenters. The molecule has 0 radical (unpaired) electrons. The highest BCUT2D eigenvalue weighted by atomic mass is 32.1. The second-order valence-corrected chi connectivity index (χ2v) is 8.42. The van der Waals surface area contributed by atoms with Crippen molar-refractivity contribution in [3.63, 3.8) is 0 Å². The van der Waals surface area contributed by atoms with Gasteiger partial charge in [0.05, 0.1) is 30.9 Å². The van der Waals surface area contributed by atoms with Gasteiger partial charge in [-0.3, -0.25) is 9.69 Å². The molecule has 0 spiro atoms. The van der Waals surface area contributed by atoms with Gasteiger partial charge in [-0.2, -0.15) is 0 Å². The smallest absolute Gasteiger partial charge is 0.230 e. The molecule has 1 unspecified atom stereocenters. The number of imidazole rings is 1. The lowest BCUT2D eigenvalue weighted by Crippen LogP contribution is -2.47. The predicted octanol–water partition coefficient (Wildman–Crippen LogP) is 0.656. The molecule has 2 aliphatic rings. The molecule has 2 aromatic heterocycles. The minimum absolute atomic E-state index is 0.116. The fourth-order valence-corrected chi connectivity index (χ4v) is 4.71. The Morgan fingerprint density at radius 2 is 2.44 bits per heavy atom. The first-order chi connectivity index (χ1) is 13.1. The van der Waals surface area contributed by atoms with Gasteiger partial charge in [0.15, 0.2) is 5.13 Å². The highest BCUT2D eigenvalue weighted by Gasteiger charge is 2.55. The number of thiazole rings is 1. The SMILES string of the molecule is Cn1ccnc1CN1CC2COC[C@]2(C(=O)NCCCc2csc(N)n2)C1. The van der Waals surface area contributed by atoms with Crippen LogP contribution in [0.15, 0.2) is 17.8 Å². The molecule has 3 N–H and O–H groups in total. The van der Waals surface area contributed by atoms with Gasteiger partial charge < -0.3 is 20.4 Å². The number of nitrogen functional groups attached to an aromatic ring is 1. The zero-order chi connectivity index (χ0) is 18.9. The Bertz CT molecular complexity index is 805. The first-order valence-corrected chi connectivity index (χ1v) is 10.2. The van der Waals surface area contributed by atoms with E-state index in [4.69, 9.17) is 10.5 Å². The predicted molar refractivity (Wildman–Crippen MR) is 103 cm³/mol. The van der Waals surface area contributed by atoms with E-state index in [1.54, 1.807) is 0 Å². The molecule has 9 heteroatoms. The fourth-order valence-electron chi connectivity index (χ4n) is 4.12. The number of nitrogens with one attached hydrogen (secondary N) is 1. The zero-order valence-electron chi connectivity index (χ0n) is 15.6. The number of nitrogens with zero attached hydrogens (tertiary/aromatic N) is 4. The van der Waals surface area contributed by atoms with Crippen molar-refractivity contribution in [2.75, 3.05) is 38.6 Å². The number of rotatable bonds is 7. The summed E-state index contributed by atoms with van der Waals surface area (Å²) in [5.41, 5.74) is 6.22. The van der Waals surface area contributed by atoms with E-state index < -0.39 is 5.41 Å². The molecule has 2 aliphatic heterocycles. The van der Waals surface area contributed by atoms with E-state index in [9.17, 15) is 4.79 Å². The second kappa shape index (κ2) is 7.57. The molecule has 27 heavy (non-hydrogen) atoms. The summed E-state index contributed by atoms with van der Waals surface area (Å²) >= 11 is 1.45. The van der Waals surface area contributed by atoms with Crippen molar-refractivity contribution in [1.82, 2.24) is 24.8 Å². The summed E-state index contributed by atoms with van der Waals surface area (Å²) in [5.74, 6) is 1.38. The third kappa shape index (κ3) is 3.71. The van der Waals surface area contributed by atoms with E-state index in [1.165, 1.54) is 11.3 Å². The molecule has 0 bridgehead atoms. The van der Waals surface area contributed by atoms with E-state index in [-0.39, 0.29) is 11.8 Å². The van der Waals surface area contributed by atoms with Crippen LogP contribution in [0.2, 0.25) is 0 Å². The maximum atomic E-state index is 13.0. The lowest BCUT2D eigenvalue weighted by molar-refractivity contribution is -0.131. The molecule has 1 amide bonds. The fraction of sp³-hybridized carbons (Fsp3) is 0.611. The Hall–Kier alpha value is -1.97. The number of likely N-dealkylation sites (tertiary alicyclic amines) is 1. The number of nitrogens with two attached hydrogens (primary N) is 1. The molecular weight excluding hydrogens is 364 g/mol. The molecule has 0 saturated carbocycles. The molecule has 2 aromatic rings. The number of ether oxygens (including phenoxy) is 1. The van der Waals surface area contributed by atoms with Crippen molar-refractivity contribution < 1.29 is 9.53 Å². The van der Waals surface area contributed by atoms with Crippen molar-refractivity contribution >= 4 is 22.4 Å². The molecule has 8 nitrogen and oxygen atoms in total. The minimum atomic E-state index is -0.434. The number of amides is 1. The molecule has 4 heterocycles. The average Bonchev–Trinajstić information content (AvgIpc) is 3.38. The van der Waals surface area contributed by atoms with E-state index in [2.05, 4.69) is 20.2 Å². The summed E-state index contributed by atoms with van der Waals surface area (Å²) in [6.45, 7) is 4.16. The molecule has 2 fully saturated rings. The third-order valence-corrected chi connectivity index (χ3v) is 6.37. The molecule has 0 aromatic carbocycles. The maximum absolute atomic E-state index is 13.0. The van der Waals surface area contributed by atoms with Crippen LogP contribution >= 0.6 is 11.3 Å². The van der Waals surface area contributed by atoms with Gasteiger partial charge in [-0.05, 0) is 12.8 Å². The topological polar surface area (TPSA) is 98.3 Å². The van der Waals surface area contributed by atoms with Gasteiger partial charge >= 0.3 is 0 Å². The quantitative estimate of drug-likeness (QED) is 0.674. The van der Waals surface area contributed by atoms with Crippen LogP contribution in [0.3, 0.4) is 0 Å². The van der Waals surface area contributed by atoms with Crippen LogP contribution in [-0.4, -0.2) is 58.2 Å². The molecule has 2 saturated heterocycles. The number of anilines is 1. The number of aryl methyl sites for hydroxylation is 2. The van der Waals surface area contributed by atoms with Gasteiger partial charge in [0.2, 0.25) is 5.91 Å². The third-order valence-electron chi connectivity index (χ3n) is 5.65. The number of aromatic nitrogens is 3. The minimum Gasteiger partial charge on any atom is -0.380 e. The maximum Gasteiger partial charge on any atom is 0.230 e. The van der Waals surface area contributed by atoms with E-state index in [0.717, 1.165) is 44.0 Å². The van der Waals surface area contributed by atoms with E-state index in [1.807, 2.05) is 29.4 Å². The van der Waals surface area contributed by atoms with Crippen LogP contribution in [0.4, 0.5) is 5.13 Å². The number of carbonyl (C=O) groups is 1. The van der Waals surface area contributed by atoms with Gasteiger partial charge in [0.1, 0.15) is 5.82 Å². The van der Waals surface area contributed by atoms with Crippen molar-refractivity contribution in [1.29, 1.82) is 0 Å². The normalized spacial score (nSPS) is 25.0. The molecular formula is C18H26N6O2S. The van der Waals surface area contributed by atoms with Crippen molar-refractivity contribution in [2.45, 2.75) is 19.4 Å². The van der Waals surface area contributed by atoms with Crippen molar-refractivity contribution in [3.8, 4) is 0 Å². The van der Waals surface area contributed by atoms with Crippen LogP contribution in [0.1, 0.15) is 17.9 Å². The van der Waals surface area contributed by atoms with Crippen LogP contribution in [0, 0.1) is 11.3 Å². The number of fused-ring (bicyclic) bond motifs is 1. The van der Waals surface area contributed by atoms with Gasteiger partial charge in [-0.25, -0.2) is 9.97 Å². The van der Waals surface area contributed by atoms with Gasteiger partial charge in [-0.1, -0.05) is 0 Å². The Labute approximate surface area is 162 Å².